The maximum absolute atomic E-state index is 12.9. The summed E-state index contributed by atoms with van der Waals surface area (Å²) in [5.74, 6) is -0.545. The van der Waals surface area contributed by atoms with Crippen molar-refractivity contribution in [2.24, 2.45) is 0 Å². The Morgan fingerprint density at radius 3 is 2.42 bits per heavy atom. The van der Waals surface area contributed by atoms with Crippen molar-refractivity contribution in [3.8, 4) is 5.88 Å². The fourth-order valence-electron chi connectivity index (χ4n) is 1.74. The number of nitrogens with zero attached hydrogens (tertiary/aromatic N) is 3. The molecule has 0 N–H and O–H groups in total. The van der Waals surface area contributed by atoms with Crippen molar-refractivity contribution in [3.63, 3.8) is 0 Å². The Labute approximate surface area is 130 Å². The highest BCUT2D eigenvalue weighted by molar-refractivity contribution is 5.23. The van der Waals surface area contributed by atoms with Gasteiger partial charge in [-0.05, 0) is 12.1 Å². The molecule has 0 amide bonds. The van der Waals surface area contributed by atoms with Gasteiger partial charge in [0.2, 0.25) is 5.88 Å². The van der Waals surface area contributed by atoms with Crippen molar-refractivity contribution in [1.82, 2.24) is 14.8 Å². The normalized spacial score (nSPS) is 12.2. The molecular weight excluding hydrogens is 344 g/mol. The number of halogens is 6. The predicted molar refractivity (Wildman–Crippen MR) is 68.4 cm³/mol. The van der Waals surface area contributed by atoms with E-state index in [1.165, 1.54) is 0 Å². The highest BCUT2D eigenvalue weighted by atomic mass is 19.4. The molecule has 2 heterocycles. The van der Waals surface area contributed by atoms with Crippen molar-refractivity contribution in [1.29, 1.82) is 0 Å². The van der Waals surface area contributed by atoms with Gasteiger partial charge in [0.1, 0.15) is 0 Å². The number of alkyl halides is 6. The van der Waals surface area contributed by atoms with Gasteiger partial charge in [-0.1, -0.05) is 0 Å². The summed E-state index contributed by atoms with van der Waals surface area (Å²) in [5, 5.41) is 3.47. The molecule has 0 radical (unpaired) electrons. The highest BCUT2D eigenvalue weighted by Gasteiger charge is 2.34. The van der Waals surface area contributed by atoms with Crippen LogP contribution in [-0.2, 0) is 12.7 Å². The third-order valence-electron chi connectivity index (χ3n) is 2.72. The van der Waals surface area contributed by atoms with Gasteiger partial charge in [0.15, 0.2) is 6.61 Å². The van der Waals surface area contributed by atoms with Crippen LogP contribution in [0.3, 0.4) is 0 Å². The summed E-state index contributed by atoms with van der Waals surface area (Å²) in [5.41, 5.74) is -2.37. The van der Waals surface area contributed by atoms with Gasteiger partial charge >= 0.3 is 12.4 Å². The monoisotopic (exact) mass is 353 g/mol. The van der Waals surface area contributed by atoms with E-state index in [2.05, 4.69) is 14.8 Å². The van der Waals surface area contributed by atoms with Crippen molar-refractivity contribution < 1.29 is 31.1 Å². The number of ether oxygens (including phenoxy) is 1. The van der Waals surface area contributed by atoms with Gasteiger partial charge in [-0.15, -0.1) is 5.10 Å². The second kappa shape index (κ2) is 6.49. The number of rotatable bonds is 4. The van der Waals surface area contributed by atoms with Gasteiger partial charge in [0, 0.05) is 18.3 Å². The van der Waals surface area contributed by atoms with E-state index in [1.54, 1.807) is 0 Å². The van der Waals surface area contributed by atoms with E-state index in [9.17, 15) is 31.1 Å². The number of pyridine rings is 1. The molecule has 0 aliphatic heterocycles. The van der Waals surface area contributed by atoms with Gasteiger partial charge in [-0.25, -0.2) is 4.68 Å². The first kappa shape index (κ1) is 17.8. The molecule has 0 aromatic carbocycles. The third kappa shape index (κ3) is 4.70. The molecule has 0 saturated heterocycles. The summed E-state index contributed by atoms with van der Waals surface area (Å²) < 4.78 is 79.9. The first-order chi connectivity index (χ1) is 11.1. The van der Waals surface area contributed by atoms with E-state index in [4.69, 9.17) is 0 Å². The minimum Gasteiger partial charge on any atom is -0.467 e. The predicted octanol–water partition coefficient (Wildman–Crippen LogP) is 2.65. The lowest BCUT2D eigenvalue weighted by molar-refractivity contribution is -0.154. The maximum Gasteiger partial charge on any atom is 0.422 e. The molecule has 0 saturated carbocycles. The van der Waals surface area contributed by atoms with Gasteiger partial charge in [0.25, 0.3) is 5.56 Å². The van der Waals surface area contributed by atoms with E-state index in [0.717, 1.165) is 30.5 Å². The number of hydrogen-bond acceptors (Lipinski definition) is 4. The zero-order chi connectivity index (χ0) is 18.0. The lowest BCUT2D eigenvalue weighted by Gasteiger charge is -2.13. The van der Waals surface area contributed by atoms with Crippen LogP contribution in [0.1, 0.15) is 11.3 Å². The summed E-state index contributed by atoms with van der Waals surface area (Å²) >= 11 is 0. The number of hydrogen-bond donors (Lipinski definition) is 0. The Morgan fingerprint density at radius 2 is 1.79 bits per heavy atom. The third-order valence-corrected chi connectivity index (χ3v) is 2.72. The Bertz CT molecular complexity index is 769. The molecule has 2 rings (SSSR count). The molecule has 0 aliphatic rings. The van der Waals surface area contributed by atoms with E-state index in [-0.39, 0.29) is 0 Å². The molecule has 130 valence electrons. The van der Waals surface area contributed by atoms with Crippen LogP contribution in [0.25, 0.3) is 0 Å². The number of aromatic nitrogens is 3. The van der Waals surface area contributed by atoms with Crippen LogP contribution in [0.2, 0.25) is 0 Å². The lowest BCUT2D eigenvalue weighted by atomic mass is 10.2. The quantitative estimate of drug-likeness (QED) is 0.793. The van der Waals surface area contributed by atoms with E-state index < -0.39 is 48.2 Å². The Kier molecular flexibility index (Phi) is 4.81. The minimum atomic E-state index is -4.70. The molecule has 0 atom stereocenters. The summed E-state index contributed by atoms with van der Waals surface area (Å²) in [7, 11) is 0. The summed E-state index contributed by atoms with van der Waals surface area (Å²) in [4.78, 5) is 15.2. The molecule has 0 bridgehead atoms. The summed E-state index contributed by atoms with van der Waals surface area (Å²) in [6.45, 7) is -2.31. The topological polar surface area (TPSA) is 57.0 Å². The van der Waals surface area contributed by atoms with E-state index in [0.29, 0.717) is 4.68 Å². The van der Waals surface area contributed by atoms with Crippen molar-refractivity contribution >= 4 is 0 Å². The van der Waals surface area contributed by atoms with Crippen LogP contribution in [0.4, 0.5) is 26.3 Å². The summed E-state index contributed by atoms with van der Waals surface area (Å²) in [6.07, 6.45) is -8.22. The van der Waals surface area contributed by atoms with Crippen LogP contribution in [0, 0.1) is 0 Å². The average Bonchev–Trinajstić information content (AvgIpc) is 2.47. The van der Waals surface area contributed by atoms with Gasteiger partial charge < -0.3 is 4.74 Å². The Morgan fingerprint density at radius 1 is 1.08 bits per heavy atom. The first-order valence-corrected chi connectivity index (χ1v) is 6.35. The lowest BCUT2D eigenvalue weighted by Crippen LogP contribution is -2.26. The second-order valence-electron chi connectivity index (χ2n) is 4.57. The molecule has 0 unspecified atom stereocenters. The second-order valence-corrected chi connectivity index (χ2v) is 4.57. The minimum absolute atomic E-state index is 0.493. The zero-order valence-electron chi connectivity index (χ0n) is 11.7. The molecule has 0 fully saturated rings. The molecule has 5 nitrogen and oxygen atoms in total. The summed E-state index contributed by atoms with van der Waals surface area (Å²) in [6, 6.07) is 3.59. The van der Waals surface area contributed by atoms with Crippen LogP contribution >= 0.6 is 0 Å². The van der Waals surface area contributed by atoms with Gasteiger partial charge in [-0.3, -0.25) is 9.78 Å². The molecule has 0 spiro atoms. The molecule has 2 aromatic heterocycles. The Balaban J connectivity index is 2.29. The maximum atomic E-state index is 12.9. The fraction of sp³-hybridized carbons (Fsp3) is 0.308. The molecule has 11 heteroatoms. The molecule has 0 aliphatic carbocycles. The molecular formula is C13H9F6N3O2. The van der Waals surface area contributed by atoms with Crippen LogP contribution in [0.5, 0.6) is 5.88 Å². The standard InChI is InChI=1S/C13H9F6N3O2/c14-12(15,16)7-24-10-3-4-11(23)22(21-10)6-9-8(13(17,18)19)2-1-5-20-9/h1-5H,6-7H2. The van der Waals surface area contributed by atoms with Crippen molar-refractivity contribution in [3.05, 3.63) is 52.1 Å². The Hall–Kier alpha value is -2.59. The fourth-order valence-corrected chi connectivity index (χ4v) is 1.74. The van der Waals surface area contributed by atoms with Crippen LogP contribution in [0.15, 0.2) is 35.3 Å². The zero-order valence-corrected chi connectivity index (χ0v) is 11.7. The average molecular weight is 353 g/mol. The largest absolute Gasteiger partial charge is 0.467 e. The first-order valence-electron chi connectivity index (χ1n) is 6.35. The van der Waals surface area contributed by atoms with Gasteiger partial charge in [0.05, 0.1) is 17.8 Å². The highest BCUT2D eigenvalue weighted by Crippen LogP contribution is 2.31. The van der Waals surface area contributed by atoms with Crippen molar-refractivity contribution in [2.75, 3.05) is 6.61 Å². The molecule has 24 heavy (non-hydrogen) atoms. The van der Waals surface area contributed by atoms with Crippen LogP contribution in [-0.4, -0.2) is 27.5 Å². The van der Waals surface area contributed by atoms with E-state index in [1.807, 2.05) is 0 Å². The smallest absolute Gasteiger partial charge is 0.422 e. The van der Waals surface area contributed by atoms with Crippen LogP contribution < -0.4 is 10.3 Å². The van der Waals surface area contributed by atoms with E-state index >= 15 is 0 Å². The SMILES string of the molecule is O=c1ccc(OCC(F)(F)F)nn1Cc1ncccc1C(F)(F)F. The molecule has 2 aromatic rings. The van der Waals surface area contributed by atoms with Crippen molar-refractivity contribution in [2.45, 2.75) is 18.9 Å². The van der Waals surface area contributed by atoms with Gasteiger partial charge in [-0.2, -0.15) is 26.3 Å².